The number of nitrogens with zero attached hydrogens (tertiary/aromatic N) is 2. The number of carbonyl (C=O) groups is 2. The van der Waals surface area contributed by atoms with Gasteiger partial charge in [-0.25, -0.2) is 0 Å². The standard InChI is InChI=1S/C21H24N2O3/c1-17(24)22-12-7-13-23(15-14-22)21(25)20-11-6-5-8-18(20)16-26-19-9-3-2-4-10-19/h2-6,8-11H,7,12-16H2,1H3. The van der Waals surface area contributed by atoms with Gasteiger partial charge in [0.15, 0.2) is 0 Å². The van der Waals surface area contributed by atoms with Gasteiger partial charge in [0.25, 0.3) is 5.91 Å². The number of ether oxygens (including phenoxy) is 1. The Kier molecular flexibility index (Phi) is 5.89. The molecule has 1 aliphatic heterocycles. The molecule has 26 heavy (non-hydrogen) atoms. The summed E-state index contributed by atoms with van der Waals surface area (Å²) < 4.78 is 5.82. The molecule has 136 valence electrons. The van der Waals surface area contributed by atoms with Crippen LogP contribution in [0.25, 0.3) is 0 Å². The Morgan fingerprint density at radius 2 is 1.54 bits per heavy atom. The highest BCUT2D eigenvalue weighted by molar-refractivity contribution is 5.95. The first-order valence-electron chi connectivity index (χ1n) is 8.95. The molecule has 0 spiro atoms. The molecule has 1 aliphatic rings. The maximum Gasteiger partial charge on any atom is 0.254 e. The van der Waals surface area contributed by atoms with Gasteiger partial charge in [0, 0.05) is 44.2 Å². The summed E-state index contributed by atoms with van der Waals surface area (Å²) >= 11 is 0. The van der Waals surface area contributed by atoms with Crippen LogP contribution in [0.1, 0.15) is 29.3 Å². The molecule has 0 saturated carbocycles. The van der Waals surface area contributed by atoms with E-state index in [1.807, 2.05) is 59.5 Å². The Balaban J connectivity index is 1.70. The van der Waals surface area contributed by atoms with E-state index in [9.17, 15) is 9.59 Å². The molecule has 0 radical (unpaired) electrons. The van der Waals surface area contributed by atoms with E-state index in [1.165, 1.54) is 0 Å². The van der Waals surface area contributed by atoms with Crippen molar-refractivity contribution >= 4 is 11.8 Å². The average Bonchev–Trinajstić information content (AvgIpc) is 2.93. The molecule has 1 heterocycles. The fourth-order valence-corrected chi connectivity index (χ4v) is 3.14. The van der Waals surface area contributed by atoms with Crippen LogP contribution in [-0.4, -0.2) is 47.8 Å². The molecule has 1 fully saturated rings. The molecule has 5 heteroatoms. The first-order valence-corrected chi connectivity index (χ1v) is 8.95. The van der Waals surface area contributed by atoms with Crippen LogP contribution in [0, 0.1) is 0 Å². The summed E-state index contributed by atoms with van der Waals surface area (Å²) in [5.41, 5.74) is 1.54. The van der Waals surface area contributed by atoms with Crippen molar-refractivity contribution in [1.82, 2.24) is 9.80 Å². The van der Waals surface area contributed by atoms with Crippen molar-refractivity contribution in [1.29, 1.82) is 0 Å². The predicted molar refractivity (Wildman–Crippen MR) is 100.0 cm³/mol. The van der Waals surface area contributed by atoms with E-state index in [1.54, 1.807) is 11.8 Å². The Morgan fingerprint density at radius 3 is 2.31 bits per heavy atom. The molecule has 2 aromatic rings. The number of amides is 2. The van der Waals surface area contributed by atoms with Crippen LogP contribution in [0.5, 0.6) is 5.75 Å². The summed E-state index contributed by atoms with van der Waals surface area (Å²) in [6.45, 7) is 4.44. The van der Waals surface area contributed by atoms with Crippen molar-refractivity contribution in [3.8, 4) is 5.75 Å². The third-order valence-electron chi connectivity index (χ3n) is 4.61. The zero-order valence-electron chi connectivity index (χ0n) is 15.1. The van der Waals surface area contributed by atoms with Crippen molar-refractivity contribution in [2.75, 3.05) is 26.2 Å². The smallest absolute Gasteiger partial charge is 0.254 e. The van der Waals surface area contributed by atoms with Crippen LogP contribution < -0.4 is 4.74 Å². The Morgan fingerprint density at radius 1 is 0.885 bits per heavy atom. The van der Waals surface area contributed by atoms with E-state index >= 15 is 0 Å². The van der Waals surface area contributed by atoms with Crippen LogP contribution in [0.15, 0.2) is 54.6 Å². The summed E-state index contributed by atoms with van der Waals surface area (Å²) in [4.78, 5) is 28.2. The highest BCUT2D eigenvalue weighted by Gasteiger charge is 2.23. The minimum absolute atomic E-state index is 0.00247. The molecule has 0 aromatic heterocycles. The summed E-state index contributed by atoms with van der Waals surface area (Å²) in [5.74, 6) is 0.847. The minimum Gasteiger partial charge on any atom is -0.489 e. The van der Waals surface area contributed by atoms with Crippen LogP contribution in [0.2, 0.25) is 0 Å². The maximum absolute atomic E-state index is 13.0. The molecule has 1 saturated heterocycles. The SMILES string of the molecule is CC(=O)N1CCCN(C(=O)c2ccccc2COc2ccccc2)CC1. The highest BCUT2D eigenvalue weighted by Crippen LogP contribution is 2.17. The second-order valence-corrected chi connectivity index (χ2v) is 6.41. The topological polar surface area (TPSA) is 49.9 Å². The van der Waals surface area contributed by atoms with Gasteiger partial charge in [0.2, 0.25) is 5.91 Å². The molecule has 2 amide bonds. The molecule has 0 bridgehead atoms. The normalized spacial score (nSPS) is 14.7. The molecule has 5 nitrogen and oxygen atoms in total. The first kappa shape index (κ1) is 18.0. The summed E-state index contributed by atoms with van der Waals surface area (Å²) in [6.07, 6.45) is 0.800. The molecule has 3 rings (SSSR count). The van der Waals surface area contributed by atoms with Gasteiger partial charge in [0.05, 0.1) is 0 Å². The fraction of sp³-hybridized carbons (Fsp3) is 0.333. The number of rotatable bonds is 4. The van der Waals surface area contributed by atoms with E-state index in [4.69, 9.17) is 4.74 Å². The maximum atomic E-state index is 13.0. The molecule has 2 aromatic carbocycles. The van der Waals surface area contributed by atoms with Gasteiger partial charge in [-0.2, -0.15) is 0 Å². The quantitative estimate of drug-likeness (QED) is 0.850. The van der Waals surface area contributed by atoms with Gasteiger partial charge < -0.3 is 14.5 Å². The van der Waals surface area contributed by atoms with Gasteiger partial charge in [-0.3, -0.25) is 9.59 Å². The third-order valence-corrected chi connectivity index (χ3v) is 4.61. The lowest BCUT2D eigenvalue weighted by molar-refractivity contribution is -0.128. The minimum atomic E-state index is 0.00247. The van der Waals surface area contributed by atoms with Crippen LogP contribution in [0.4, 0.5) is 0 Å². The fourth-order valence-electron chi connectivity index (χ4n) is 3.14. The number of carbonyl (C=O) groups excluding carboxylic acids is 2. The summed E-state index contributed by atoms with van der Waals surface area (Å²) in [7, 11) is 0. The monoisotopic (exact) mass is 352 g/mol. The van der Waals surface area contributed by atoms with Crippen molar-refractivity contribution in [3.05, 3.63) is 65.7 Å². The highest BCUT2D eigenvalue weighted by atomic mass is 16.5. The summed E-state index contributed by atoms with van der Waals surface area (Å²) in [6, 6.07) is 17.1. The molecule has 0 N–H and O–H groups in total. The van der Waals surface area contributed by atoms with E-state index in [0.29, 0.717) is 38.3 Å². The van der Waals surface area contributed by atoms with Crippen LogP contribution in [0.3, 0.4) is 0 Å². The van der Waals surface area contributed by atoms with Crippen molar-refractivity contribution < 1.29 is 14.3 Å². The number of hydrogen-bond donors (Lipinski definition) is 0. The second kappa shape index (κ2) is 8.52. The van der Waals surface area contributed by atoms with Crippen molar-refractivity contribution in [2.45, 2.75) is 20.0 Å². The van der Waals surface area contributed by atoms with Gasteiger partial charge >= 0.3 is 0 Å². The van der Waals surface area contributed by atoms with Gasteiger partial charge in [-0.05, 0) is 24.6 Å². The molecule has 0 atom stereocenters. The van der Waals surface area contributed by atoms with Gasteiger partial charge in [-0.15, -0.1) is 0 Å². The number of para-hydroxylation sites is 1. The van der Waals surface area contributed by atoms with Crippen LogP contribution in [-0.2, 0) is 11.4 Å². The van der Waals surface area contributed by atoms with E-state index < -0.39 is 0 Å². The van der Waals surface area contributed by atoms with Crippen molar-refractivity contribution in [2.24, 2.45) is 0 Å². The number of hydrogen-bond acceptors (Lipinski definition) is 3. The Labute approximate surface area is 154 Å². The van der Waals surface area contributed by atoms with E-state index in [-0.39, 0.29) is 11.8 Å². The largest absolute Gasteiger partial charge is 0.489 e. The lowest BCUT2D eigenvalue weighted by Gasteiger charge is -2.22. The molecule has 0 aliphatic carbocycles. The average molecular weight is 352 g/mol. The lowest BCUT2D eigenvalue weighted by Crippen LogP contribution is -2.36. The Bertz CT molecular complexity index is 761. The molecular weight excluding hydrogens is 328 g/mol. The zero-order valence-corrected chi connectivity index (χ0v) is 15.1. The lowest BCUT2D eigenvalue weighted by atomic mass is 10.1. The van der Waals surface area contributed by atoms with E-state index in [2.05, 4.69) is 0 Å². The van der Waals surface area contributed by atoms with Gasteiger partial charge in [0.1, 0.15) is 12.4 Å². The van der Waals surface area contributed by atoms with E-state index in [0.717, 1.165) is 17.7 Å². The summed E-state index contributed by atoms with van der Waals surface area (Å²) in [5, 5.41) is 0. The Hall–Kier alpha value is -2.82. The second-order valence-electron chi connectivity index (χ2n) is 6.41. The molecule has 0 unspecified atom stereocenters. The first-order chi connectivity index (χ1) is 12.6. The van der Waals surface area contributed by atoms with Gasteiger partial charge in [-0.1, -0.05) is 36.4 Å². The zero-order chi connectivity index (χ0) is 18.4. The van der Waals surface area contributed by atoms with Crippen LogP contribution >= 0.6 is 0 Å². The van der Waals surface area contributed by atoms with Crippen molar-refractivity contribution in [3.63, 3.8) is 0 Å². The third kappa shape index (κ3) is 4.42. The number of benzene rings is 2. The molecular formula is C21H24N2O3. The predicted octanol–water partition coefficient (Wildman–Crippen LogP) is 2.96.